The highest BCUT2D eigenvalue weighted by molar-refractivity contribution is 9.10. The van der Waals surface area contributed by atoms with Crippen molar-refractivity contribution in [2.75, 3.05) is 5.75 Å². The maximum absolute atomic E-state index is 10.7. The minimum Gasteiger partial charge on any atom is -0.479 e. The van der Waals surface area contributed by atoms with Crippen molar-refractivity contribution in [2.45, 2.75) is 11.4 Å². The second-order valence-electron chi connectivity index (χ2n) is 3.32. The van der Waals surface area contributed by atoms with Gasteiger partial charge in [-0.25, -0.2) is 4.79 Å². The van der Waals surface area contributed by atoms with E-state index < -0.39 is 11.3 Å². The average Bonchev–Trinajstić information content (AvgIpc) is 2.68. The van der Waals surface area contributed by atoms with Crippen LogP contribution in [0.1, 0.15) is 11.6 Å². The summed E-state index contributed by atoms with van der Waals surface area (Å²) in [6, 6.07) is 8.09. The van der Waals surface area contributed by atoms with Crippen LogP contribution in [0.15, 0.2) is 28.7 Å². The molecule has 2 N–H and O–H groups in total. The van der Waals surface area contributed by atoms with Crippen LogP contribution in [-0.2, 0) is 4.79 Å². The Hall–Kier alpha value is -0.520. The molecule has 3 nitrogen and oxygen atoms in total. The Morgan fingerprint density at radius 3 is 2.67 bits per heavy atom. The molecule has 0 amide bonds. The first-order valence-corrected chi connectivity index (χ1v) is 6.37. The van der Waals surface area contributed by atoms with Crippen LogP contribution in [0, 0.1) is 0 Å². The third-order valence-electron chi connectivity index (χ3n) is 2.28. The first-order valence-electron chi connectivity index (χ1n) is 4.53. The minimum absolute atomic E-state index is 0.143. The van der Waals surface area contributed by atoms with E-state index in [0.717, 1.165) is 15.8 Å². The van der Waals surface area contributed by atoms with E-state index in [-0.39, 0.29) is 6.04 Å². The zero-order valence-corrected chi connectivity index (χ0v) is 10.2. The largest absolute Gasteiger partial charge is 0.479 e. The van der Waals surface area contributed by atoms with Gasteiger partial charge in [-0.1, -0.05) is 28.1 Å². The summed E-state index contributed by atoms with van der Waals surface area (Å²) in [6.07, 6.45) is 0. The highest BCUT2D eigenvalue weighted by Crippen LogP contribution is 2.29. The Balaban J connectivity index is 2.07. The number of aliphatic carboxylic acids is 1. The molecule has 2 atom stereocenters. The number of hydrogen-bond donors (Lipinski definition) is 2. The Labute approximate surface area is 100 Å². The predicted octanol–water partition coefficient (Wildman–Crippen LogP) is 2.24. The molecular weight excluding hydrogens is 278 g/mol. The van der Waals surface area contributed by atoms with Gasteiger partial charge in [0.1, 0.15) is 0 Å². The maximum atomic E-state index is 10.7. The Morgan fingerprint density at radius 2 is 2.13 bits per heavy atom. The monoisotopic (exact) mass is 287 g/mol. The van der Waals surface area contributed by atoms with Crippen molar-refractivity contribution in [1.82, 2.24) is 5.32 Å². The van der Waals surface area contributed by atoms with E-state index in [2.05, 4.69) is 21.2 Å². The second kappa shape index (κ2) is 4.55. The van der Waals surface area contributed by atoms with Gasteiger partial charge >= 0.3 is 5.97 Å². The summed E-state index contributed by atoms with van der Waals surface area (Å²) in [7, 11) is 0. The standard InChI is InChI=1S/C10H10BrNO2S/c11-7-3-1-6(2-4-7)8-5-15-9(12-8)10(13)14/h1-4,8-9,12H,5H2,(H,13,14)/t8-,9-/m1/s1. The third kappa shape index (κ3) is 2.53. The lowest BCUT2D eigenvalue weighted by Gasteiger charge is -2.10. The molecule has 0 radical (unpaired) electrons. The van der Waals surface area contributed by atoms with E-state index >= 15 is 0 Å². The van der Waals surface area contributed by atoms with Crippen LogP contribution < -0.4 is 5.32 Å². The molecule has 0 aliphatic carbocycles. The summed E-state index contributed by atoms with van der Waals surface area (Å²) in [5, 5.41) is 11.4. The highest BCUT2D eigenvalue weighted by Gasteiger charge is 2.30. The SMILES string of the molecule is O=C(O)[C@@H]1N[C@@H](c2ccc(Br)cc2)CS1. The Kier molecular flexibility index (Phi) is 3.33. The Bertz CT molecular complexity index is 368. The van der Waals surface area contributed by atoms with Crippen molar-refractivity contribution in [2.24, 2.45) is 0 Å². The molecule has 0 unspecified atom stereocenters. The van der Waals surface area contributed by atoms with Crippen molar-refractivity contribution < 1.29 is 9.90 Å². The zero-order valence-electron chi connectivity index (χ0n) is 7.81. The van der Waals surface area contributed by atoms with Crippen molar-refractivity contribution in [1.29, 1.82) is 0 Å². The molecule has 0 saturated carbocycles. The summed E-state index contributed by atoms with van der Waals surface area (Å²) in [5.41, 5.74) is 1.13. The van der Waals surface area contributed by atoms with Crippen LogP contribution in [0.3, 0.4) is 0 Å². The molecule has 1 aliphatic rings. The smallest absolute Gasteiger partial charge is 0.331 e. The van der Waals surface area contributed by atoms with Gasteiger partial charge in [0, 0.05) is 16.3 Å². The molecule has 1 saturated heterocycles. The van der Waals surface area contributed by atoms with Crippen molar-refractivity contribution in [3.05, 3.63) is 34.3 Å². The minimum atomic E-state index is -0.792. The van der Waals surface area contributed by atoms with Crippen LogP contribution in [0.4, 0.5) is 0 Å². The van der Waals surface area contributed by atoms with Crippen LogP contribution in [-0.4, -0.2) is 22.2 Å². The lowest BCUT2D eigenvalue weighted by atomic mass is 10.1. The zero-order chi connectivity index (χ0) is 10.8. The fourth-order valence-electron chi connectivity index (χ4n) is 1.50. The number of carboxylic acid groups (broad SMARTS) is 1. The molecule has 1 aliphatic heterocycles. The van der Waals surface area contributed by atoms with Gasteiger partial charge in [-0.2, -0.15) is 0 Å². The predicted molar refractivity (Wildman–Crippen MR) is 63.9 cm³/mol. The van der Waals surface area contributed by atoms with Crippen LogP contribution in [0.25, 0.3) is 0 Å². The summed E-state index contributed by atoms with van der Waals surface area (Å²) in [5.74, 6) is 0.0121. The molecule has 0 bridgehead atoms. The Morgan fingerprint density at radius 1 is 1.47 bits per heavy atom. The number of halogens is 1. The molecule has 80 valence electrons. The number of carbonyl (C=O) groups is 1. The number of benzene rings is 1. The van der Waals surface area contributed by atoms with Crippen LogP contribution in [0.5, 0.6) is 0 Å². The van der Waals surface area contributed by atoms with Gasteiger partial charge in [0.15, 0.2) is 5.37 Å². The average molecular weight is 288 g/mol. The lowest BCUT2D eigenvalue weighted by molar-refractivity contribution is -0.136. The molecule has 1 fully saturated rings. The quantitative estimate of drug-likeness (QED) is 0.876. The number of rotatable bonds is 2. The molecular formula is C10H10BrNO2S. The van der Waals surface area contributed by atoms with Gasteiger partial charge in [-0.15, -0.1) is 11.8 Å². The molecule has 1 aromatic rings. The van der Waals surface area contributed by atoms with E-state index in [9.17, 15) is 4.79 Å². The van der Waals surface area contributed by atoms with Crippen LogP contribution >= 0.6 is 27.7 Å². The number of thioether (sulfide) groups is 1. The van der Waals surface area contributed by atoms with E-state index in [0.29, 0.717) is 0 Å². The maximum Gasteiger partial charge on any atom is 0.331 e. The van der Waals surface area contributed by atoms with Crippen molar-refractivity contribution in [3.8, 4) is 0 Å². The topological polar surface area (TPSA) is 49.3 Å². The third-order valence-corrected chi connectivity index (χ3v) is 4.00. The molecule has 0 spiro atoms. The van der Waals surface area contributed by atoms with Gasteiger partial charge in [-0.05, 0) is 17.7 Å². The second-order valence-corrected chi connectivity index (χ2v) is 5.38. The first kappa shape index (κ1) is 11.0. The van der Waals surface area contributed by atoms with E-state index in [4.69, 9.17) is 5.11 Å². The number of hydrogen-bond acceptors (Lipinski definition) is 3. The summed E-state index contributed by atoms with van der Waals surface area (Å²) in [6.45, 7) is 0. The van der Waals surface area contributed by atoms with Crippen LogP contribution in [0.2, 0.25) is 0 Å². The van der Waals surface area contributed by atoms with Crippen molar-refractivity contribution >= 4 is 33.7 Å². The van der Waals surface area contributed by atoms with E-state index in [1.807, 2.05) is 24.3 Å². The number of nitrogens with one attached hydrogen (secondary N) is 1. The molecule has 15 heavy (non-hydrogen) atoms. The number of carboxylic acids is 1. The van der Waals surface area contributed by atoms with Crippen molar-refractivity contribution in [3.63, 3.8) is 0 Å². The van der Waals surface area contributed by atoms with Gasteiger partial charge in [-0.3, -0.25) is 5.32 Å². The molecule has 1 heterocycles. The fourth-order valence-corrected chi connectivity index (χ4v) is 2.84. The lowest BCUT2D eigenvalue weighted by Crippen LogP contribution is -2.30. The highest BCUT2D eigenvalue weighted by atomic mass is 79.9. The van der Waals surface area contributed by atoms with Gasteiger partial charge in [0.2, 0.25) is 0 Å². The molecule has 0 aromatic heterocycles. The van der Waals surface area contributed by atoms with Gasteiger partial charge in [0.05, 0.1) is 0 Å². The molecule has 2 rings (SSSR count). The summed E-state index contributed by atoms with van der Waals surface area (Å²) < 4.78 is 1.03. The first-order chi connectivity index (χ1) is 7.16. The normalized spacial score (nSPS) is 25.4. The molecule has 5 heteroatoms. The van der Waals surface area contributed by atoms with E-state index in [1.165, 1.54) is 11.8 Å². The fraction of sp³-hybridized carbons (Fsp3) is 0.300. The van der Waals surface area contributed by atoms with Gasteiger partial charge < -0.3 is 5.11 Å². The summed E-state index contributed by atoms with van der Waals surface area (Å²) >= 11 is 4.80. The molecule has 1 aromatic carbocycles. The van der Waals surface area contributed by atoms with E-state index in [1.54, 1.807) is 0 Å². The summed E-state index contributed by atoms with van der Waals surface area (Å²) in [4.78, 5) is 10.7. The van der Waals surface area contributed by atoms with Gasteiger partial charge in [0.25, 0.3) is 0 Å².